The second-order valence-corrected chi connectivity index (χ2v) is 5.89. The Bertz CT molecular complexity index is 860. The first kappa shape index (κ1) is 17.7. The number of methoxy groups -OCH3 is 1. The Hall–Kier alpha value is -3.15. The number of aromatic nitrogens is 2. The zero-order valence-electron chi connectivity index (χ0n) is 14.7. The summed E-state index contributed by atoms with van der Waals surface area (Å²) in [5.41, 5.74) is 1.95. The molecule has 0 saturated carbocycles. The molecule has 26 heavy (non-hydrogen) atoms. The summed E-state index contributed by atoms with van der Waals surface area (Å²) in [6.45, 7) is 1.20. The number of carbonyl (C=O) groups is 1. The lowest BCUT2D eigenvalue weighted by Crippen LogP contribution is -2.23. The molecular formula is C20H22N4O2. The van der Waals surface area contributed by atoms with Gasteiger partial charge in [-0.15, -0.1) is 0 Å². The van der Waals surface area contributed by atoms with E-state index in [0.29, 0.717) is 19.5 Å². The zero-order valence-corrected chi connectivity index (χ0v) is 14.7. The summed E-state index contributed by atoms with van der Waals surface area (Å²) in [7, 11) is 1.63. The Balaban J connectivity index is 1.40. The predicted molar refractivity (Wildman–Crippen MR) is 102 cm³/mol. The number of ether oxygens (including phenoxy) is 1. The van der Waals surface area contributed by atoms with Gasteiger partial charge >= 0.3 is 0 Å². The normalized spacial score (nSPS) is 10.5. The van der Waals surface area contributed by atoms with Crippen LogP contribution in [0.1, 0.15) is 18.4 Å². The van der Waals surface area contributed by atoms with Gasteiger partial charge in [0.2, 0.25) is 5.91 Å². The molecule has 0 aliphatic rings. The molecule has 1 heterocycles. The molecule has 3 rings (SSSR count). The van der Waals surface area contributed by atoms with Crippen LogP contribution in [0.3, 0.4) is 0 Å². The van der Waals surface area contributed by atoms with Gasteiger partial charge in [-0.25, -0.2) is 9.97 Å². The van der Waals surface area contributed by atoms with Gasteiger partial charge in [-0.2, -0.15) is 0 Å². The van der Waals surface area contributed by atoms with E-state index in [0.717, 1.165) is 34.5 Å². The van der Waals surface area contributed by atoms with Crippen LogP contribution in [-0.4, -0.2) is 29.5 Å². The van der Waals surface area contributed by atoms with Gasteiger partial charge in [0, 0.05) is 24.9 Å². The largest absolute Gasteiger partial charge is 0.497 e. The number of anilines is 1. The van der Waals surface area contributed by atoms with Gasteiger partial charge in [0.1, 0.15) is 17.9 Å². The minimum atomic E-state index is 0.0372. The second-order valence-electron chi connectivity index (χ2n) is 5.89. The molecule has 0 atom stereocenters. The molecular weight excluding hydrogens is 328 g/mol. The van der Waals surface area contributed by atoms with E-state index in [2.05, 4.69) is 20.6 Å². The lowest BCUT2D eigenvalue weighted by molar-refractivity contribution is -0.121. The van der Waals surface area contributed by atoms with E-state index in [-0.39, 0.29) is 5.91 Å². The van der Waals surface area contributed by atoms with E-state index in [9.17, 15) is 4.79 Å². The number of hydrogen-bond acceptors (Lipinski definition) is 5. The van der Waals surface area contributed by atoms with Crippen molar-refractivity contribution in [2.45, 2.75) is 19.4 Å². The zero-order chi connectivity index (χ0) is 18.2. The number of carbonyl (C=O) groups excluding carboxylic acids is 1. The molecule has 2 N–H and O–H groups in total. The molecule has 1 aromatic heterocycles. The number of hydrogen-bond donors (Lipinski definition) is 2. The molecule has 3 aromatic rings. The molecule has 0 aliphatic carbocycles. The van der Waals surface area contributed by atoms with Crippen molar-refractivity contribution in [1.29, 1.82) is 0 Å². The quantitative estimate of drug-likeness (QED) is 0.610. The van der Waals surface area contributed by atoms with Crippen molar-refractivity contribution in [3.8, 4) is 5.75 Å². The molecule has 0 spiro atoms. The third-order valence-corrected chi connectivity index (χ3v) is 4.06. The van der Waals surface area contributed by atoms with E-state index in [1.54, 1.807) is 13.4 Å². The van der Waals surface area contributed by atoms with E-state index in [1.807, 2.05) is 48.5 Å². The number of nitrogens with one attached hydrogen (secondary N) is 2. The van der Waals surface area contributed by atoms with Crippen LogP contribution in [0, 0.1) is 0 Å². The standard InChI is InChI=1S/C20H22N4O2/c1-26-16-10-8-15(9-11-16)13-22-19(25)7-4-12-21-20-17-5-2-3-6-18(17)23-14-24-20/h2-3,5-6,8-11,14H,4,7,12-13H2,1H3,(H,22,25)(H,21,23,24). The van der Waals surface area contributed by atoms with Crippen LogP contribution in [0.25, 0.3) is 10.9 Å². The molecule has 0 aliphatic heterocycles. The number of amides is 1. The summed E-state index contributed by atoms with van der Waals surface area (Å²) in [6.07, 6.45) is 2.74. The van der Waals surface area contributed by atoms with E-state index < -0.39 is 0 Å². The Labute approximate surface area is 152 Å². The fourth-order valence-electron chi connectivity index (χ4n) is 2.63. The first-order valence-electron chi connectivity index (χ1n) is 8.59. The highest BCUT2D eigenvalue weighted by molar-refractivity contribution is 5.88. The van der Waals surface area contributed by atoms with Crippen molar-refractivity contribution >= 4 is 22.6 Å². The molecule has 6 nitrogen and oxygen atoms in total. The fraction of sp³-hybridized carbons (Fsp3) is 0.250. The first-order valence-corrected chi connectivity index (χ1v) is 8.59. The predicted octanol–water partition coefficient (Wildman–Crippen LogP) is 3.15. The maximum Gasteiger partial charge on any atom is 0.220 e. The highest BCUT2D eigenvalue weighted by atomic mass is 16.5. The highest BCUT2D eigenvalue weighted by Crippen LogP contribution is 2.18. The molecule has 0 unspecified atom stereocenters. The SMILES string of the molecule is COc1ccc(CNC(=O)CCCNc2ncnc3ccccc23)cc1. The minimum absolute atomic E-state index is 0.0372. The van der Waals surface area contributed by atoms with Gasteiger partial charge in [-0.3, -0.25) is 4.79 Å². The van der Waals surface area contributed by atoms with Crippen LogP contribution in [0.2, 0.25) is 0 Å². The van der Waals surface area contributed by atoms with Crippen LogP contribution in [0.15, 0.2) is 54.9 Å². The van der Waals surface area contributed by atoms with E-state index in [4.69, 9.17) is 4.74 Å². The van der Waals surface area contributed by atoms with Crippen molar-refractivity contribution in [2.75, 3.05) is 19.0 Å². The van der Waals surface area contributed by atoms with Crippen LogP contribution >= 0.6 is 0 Å². The smallest absolute Gasteiger partial charge is 0.220 e. The van der Waals surface area contributed by atoms with Crippen LogP contribution in [0.4, 0.5) is 5.82 Å². The number of rotatable bonds is 8. The molecule has 0 fully saturated rings. The second kappa shape index (κ2) is 8.80. The monoisotopic (exact) mass is 350 g/mol. The lowest BCUT2D eigenvalue weighted by Gasteiger charge is -2.09. The molecule has 0 saturated heterocycles. The fourth-order valence-corrected chi connectivity index (χ4v) is 2.63. The maximum atomic E-state index is 12.0. The summed E-state index contributed by atoms with van der Waals surface area (Å²) in [4.78, 5) is 20.5. The third-order valence-electron chi connectivity index (χ3n) is 4.06. The number of fused-ring (bicyclic) bond motifs is 1. The highest BCUT2D eigenvalue weighted by Gasteiger charge is 2.04. The van der Waals surface area contributed by atoms with Crippen molar-refractivity contribution in [1.82, 2.24) is 15.3 Å². The van der Waals surface area contributed by atoms with Gasteiger partial charge in [0.05, 0.1) is 12.6 Å². The number of nitrogens with zero attached hydrogens (tertiary/aromatic N) is 2. The number of para-hydroxylation sites is 1. The number of benzene rings is 2. The Morgan fingerprint density at radius 1 is 1.08 bits per heavy atom. The summed E-state index contributed by atoms with van der Waals surface area (Å²) in [5, 5.41) is 7.20. The Morgan fingerprint density at radius 2 is 1.88 bits per heavy atom. The van der Waals surface area contributed by atoms with Gasteiger partial charge in [-0.05, 0) is 36.2 Å². The van der Waals surface area contributed by atoms with Crippen molar-refractivity contribution in [2.24, 2.45) is 0 Å². The van der Waals surface area contributed by atoms with Crippen LogP contribution in [-0.2, 0) is 11.3 Å². The Morgan fingerprint density at radius 3 is 2.69 bits per heavy atom. The van der Waals surface area contributed by atoms with Crippen LogP contribution in [0.5, 0.6) is 5.75 Å². The van der Waals surface area contributed by atoms with Gasteiger partial charge in [0.15, 0.2) is 0 Å². The van der Waals surface area contributed by atoms with Crippen molar-refractivity contribution in [3.05, 3.63) is 60.4 Å². The van der Waals surface area contributed by atoms with E-state index >= 15 is 0 Å². The summed E-state index contributed by atoms with van der Waals surface area (Å²) in [6, 6.07) is 15.5. The molecule has 1 amide bonds. The molecule has 0 radical (unpaired) electrons. The van der Waals surface area contributed by atoms with Crippen LogP contribution < -0.4 is 15.4 Å². The minimum Gasteiger partial charge on any atom is -0.497 e. The van der Waals surface area contributed by atoms with Crippen molar-refractivity contribution < 1.29 is 9.53 Å². The van der Waals surface area contributed by atoms with Gasteiger partial charge < -0.3 is 15.4 Å². The summed E-state index contributed by atoms with van der Waals surface area (Å²) >= 11 is 0. The average molecular weight is 350 g/mol. The third kappa shape index (κ3) is 4.69. The molecule has 0 bridgehead atoms. The Kier molecular flexibility index (Phi) is 5.98. The molecule has 134 valence electrons. The lowest BCUT2D eigenvalue weighted by atomic mass is 10.2. The molecule has 6 heteroatoms. The first-order chi connectivity index (χ1) is 12.8. The summed E-state index contributed by atoms with van der Waals surface area (Å²) < 4.78 is 5.12. The molecule has 2 aromatic carbocycles. The van der Waals surface area contributed by atoms with Gasteiger partial charge in [-0.1, -0.05) is 24.3 Å². The van der Waals surface area contributed by atoms with E-state index in [1.165, 1.54) is 0 Å². The van der Waals surface area contributed by atoms with Gasteiger partial charge in [0.25, 0.3) is 0 Å². The summed E-state index contributed by atoms with van der Waals surface area (Å²) in [5.74, 6) is 1.65. The topological polar surface area (TPSA) is 76.1 Å². The maximum absolute atomic E-state index is 12.0. The van der Waals surface area contributed by atoms with Crippen molar-refractivity contribution in [3.63, 3.8) is 0 Å². The average Bonchev–Trinajstić information content (AvgIpc) is 2.70.